The van der Waals surface area contributed by atoms with Gasteiger partial charge in [0.1, 0.15) is 0 Å². The molecule has 2 nitrogen and oxygen atoms in total. The molecule has 0 fully saturated rings. The van der Waals surface area contributed by atoms with E-state index in [2.05, 4.69) is 38.1 Å². The van der Waals surface area contributed by atoms with E-state index in [1.54, 1.807) is 0 Å². The van der Waals surface area contributed by atoms with E-state index in [1.807, 2.05) is 24.3 Å². The molecule has 0 radical (unpaired) electrons. The summed E-state index contributed by atoms with van der Waals surface area (Å²) in [5.41, 5.74) is 11.0. The number of rotatable bonds is 4. The molecule has 2 aromatic rings. The SMILES string of the molecule is Cc1ccccc1C(c1ccccc1C)C(N)CO. The number of aliphatic hydroxyl groups is 1. The van der Waals surface area contributed by atoms with Crippen molar-refractivity contribution in [2.45, 2.75) is 25.8 Å². The van der Waals surface area contributed by atoms with Gasteiger partial charge in [-0.3, -0.25) is 0 Å². The summed E-state index contributed by atoms with van der Waals surface area (Å²) in [4.78, 5) is 0. The van der Waals surface area contributed by atoms with Gasteiger partial charge in [-0.2, -0.15) is 0 Å². The average molecular weight is 255 g/mol. The van der Waals surface area contributed by atoms with Crippen LogP contribution in [0.15, 0.2) is 48.5 Å². The molecular formula is C17H21NO. The highest BCUT2D eigenvalue weighted by atomic mass is 16.3. The number of hydrogen-bond donors (Lipinski definition) is 2. The van der Waals surface area contributed by atoms with E-state index in [0.29, 0.717) is 0 Å². The molecule has 0 aliphatic rings. The summed E-state index contributed by atoms with van der Waals surface area (Å²) in [5, 5.41) is 9.48. The normalized spacial score (nSPS) is 12.7. The second kappa shape index (κ2) is 6.00. The van der Waals surface area contributed by atoms with Crippen molar-refractivity contribution < 1.29 is 5.11 Å². The van der Waals surface area contributed by atoms with Crippen LogP contribution in [0.2, 0.25) is 0 Å². The van der Waals surface area contributed by atoms with Crippen molar-refractivity contribution in [2.75, 3.05) is 6.61 Å². The minimum Gasteiger partial charge on any atom is -0.395 e. The molecule has 0 amide bonds. The molecule has 100 valence electrons. The monoisotopic (exact) mass is 255 g/mol. The first-order valence-corrected chi connectivity index (χ1v) is 6.62. The lowest BCUT2D eigenvalue weighted by Crippen LogP contribution is -2.33. The summed E-state index contributed by atoms with van der Waals surface area (Å²) < 4.78 is 0. The maximum absolute atomic E-state index is 9.48. The van der Waals surface area contributed by atoms with Crippen LogP contribution in [0.25, 0.3) is 0 Å². The van der Waals surface area contributed by atoms with E-state index < -0.39 is 0 Å². The van der Waals surface area contributed by atoms with E-state index in [-0.39, 0.29) is 18.6 Å². The second-order valence-corrected chi connectivity index (χ2v) is 5.04. The van der Waals surface area contributed by atoms with Gasteiger partial charge in [-0.25, -0.2) is 0 Å². The Kier molecular flexibility index (Phi) is 4.35. The van der Waals surface area contributed by atoms with Crippen LogP contribution in [-0.4, -0.2) is 17.8 Å². The van der Waals surface area contributed by atoms with Crippen molar-refractivity contribution in [1.82, 2.24) is 0 Å². The van der Waals surface area contributed by atoms with Gasteiger partial charge in [0.25, 0.3) is 0 Å². The lowest BCUT2D eigenvalue weighted by molar-refractivity contribution is 0.256. The van der Waals surface area contributed by atoms with Gasteiger partial charge in [0.2, 0.25) is 0 Å². The standard InChI is InChI=1S/C17H21NO/c1-12-7-3-5-9-14(12)17(16(18)11-19)15-10-6-4-8-13(15)2/h3-10,16-17,19H,11,18H2,1-2H3. The van der Waals surface area contributed by atoms with Gasteiger partial charge >= 0.3 is 0 Å². The molecule has 2 aromatic carbocycles. The largest absolute Gasteiger partial charge is 0.395 e. The van der Waals surface area contributed by atoms with Crippen molar-refractivity contribution in [1.29, 1.82) is 0 Å². The molecule has 0 saturated carbocycles. The molecule has 3 N–H and O–H groups in total. The van der Waals surface area contributed by atoms with E-state index in [0.717, 1.165) is 0 Å². The Morgan fingerprint density at radius 3 is 1.68 bits per heavy atom. The molecule has 19 heavy (non-hydrogen) atoms. The minimum absolute atomic E-state index is 0.0205. The fourth-order valence-electron chi connectivity index (χ4n) is 2.61. The molecule has 2 heteroatoms. The summed E-state index contributed by atoms with van der Waals surface area (Å²) in [7, 11) is 0. The average Bonchev–Trinajstić information content (AvgIpc) is 2.43. The van der Waals surface area contributed by atoms with Crippen molar-refractivity contribution in [3.63, 3.8) is 0 Å². The first-order chi connectivity index (χ1) is 9.15. The molecule has 0 spiro atoms. The van der Waals surface area contributed by atoms with Crippen LogP contribution < -0.4 is 5.73 Å². The smallest absolute Gasteiger partial charge is 0.0591 e. The first kappa shape index (κ1) is 13.8. The van der Waals surface area contributed by atoms with Gasteiger partial charge in [-0.1, -0.05) is 48.5 Å². The topological polar surface area (TPSA) is 46.2 Å². The maximum atomic E-state index is 9.48. The summed E-state index contributed by atoms with van der Waals surface area (Å²) in [5.74, 6) is 0.0346. The molecular weight excluding hydrogens is 234 g/mol. The Labute approximate surface area is 114 Å². The highest BCUT2D eigenvalue weighted by molar-refractivity contribution is 5.42. The van der Waals surface area contributed by atoms with Crippen LogP contribution in [0.1, 0.15) is 28.2 Å². The summed E-state index contributed by atoms with van der Waals surface area (Å²) >= 11 is 0. The summed E-state index contributed by atoms with van der Waals surface area (Å²) in [6, 6.07) is 16.2. The lowest BCUT2D eigenvalue weighted by atomic mass is 9.82. The predicted octanol–water partition coefficient (Wildman–Crippen LogP) is 2.75. The highest BCUT2D eigenvalue weighted by Gasteiger charge is 2.23. The molecule has 0 aromatic heterocycles. The number of benzene rings is 2. The van der Waals surface area contributed by atoms with Gasteiger partial charge in [-0.15, -0.1) is 0 Å². The number of aliphatic hydroxyl groups excluding tert-OH is 1. The Morgan fingerprint density at radius 2 is 1.32 bits per heavy atom. The third kappa shape index (κ3) is 2.86. The minimum atomic E-state index is -0.290. The van der Waals surface area contributed by atoms with Gasteiger partial charge in [-0.05, 0) is 36.1 Å². The van der Waals surface area contributed by atoms with Crippen LogP contribution >= 0.6 is 0 Å². The number of hydrogen-bond acceptors (Lipinski definition) is 2. The highest BCUT2D eigenvalue weighted by Crippen LogP contribution is 2.31. The van der Waals surface area contributed by atoms with Crippen LogP contribution in [-0.2, 0) is 0 Å². The fraction of sp³-hybridized carbons (Fsp3) is 0.294. The molecule has 1 unspecified atom stereocenters. The third-order valence-corrected chi connectivity index (χ3v) is 3.69. The van der Waals surface area contributed by atoms with Crippen LogP contribution in [0.3, 0.4) is 0 Å². The van der Waals surface area contributed by atoms with Gasteiger partial charge in [0, 0.05) is 12.0 Å². The predicted molar refractivity (Wildman–Crippen MR) is 79.3 cm³/mol. The summed E-state index contributed by atoms with van der Waals surface area (Å²) in [6.07, 6.45) is 0. The van der Waals surface area contributed by atoms with Crippen LogP contribution in [0.4, 0.5) is 0 Å². The Hall–Kier alpha value is -1.64. The molecule has 0 saturated heterocycles. The molecule has 0 aliphatic carbocycles. The quantitative estimate of drug-likeness (QED) is 0.882. The molecule has 2 rings (SSSR count). The van der Waals surface area contributed by atoms with Gasteiger partial charge in [0.05, 0.1) is 6.61 Å². The van der Waals surface area contributed by atoms with Crippen molar-refractivity contribution in [3.05, 3.63) is 70.8 Å². The van der Waals surface area contributed by atoms with E-state index in [9.17, 15) is 5.11 Å². The zero-order valence-corrected chi connectivity index (χ0v) is 11.5. The van der Waals surface area contributed by atoms with Crippen molar-refractivity contribution in [2.24, 2.45) is 5.73 Å². The van der Waals surface area contributed by atoms with Gasteiger partial charge in [0.15, 0.2) is 0 Å². The molecule has 0 heterocycles. The Bertz CT molecular complexity index is 505. The number of nitrogens with two attached hydrogens (primary N) is 1. The Morgan fingerprint density at radius 1 is 0.895 bits per heavy atom. The van der Waals surface area contributed by atoms with E-state index >= 15 is 0 Å². The van der Waals surface area contributed by atoms with Crippen LogP contribution in [0.5, 0.6) is 0 Å². The van der Waals surface area contributed by atoms with Crippen LogP contribution in [0, 0.1) is 13.8 Å². The number of aryl methyl sites for hydroxylation is 2. The zero-order chi connectivity index (χ0) is 13.8. The maximum Gasteiger partial charge on any atom is 0.0591 e. The van der Waals surface area contributed by atoms with E-state index in [4.69, 9.17) is 5.73 Å². The Balaban J connectivity index is 2.55. The lowest BCUT2D eigenvalue weighted by Gasteiger charge is -2.26. The zero-order valence-electron chi connectivity index (χ0n) is 11.5. The molecule has 0 bridgehead atoms. The molecule has 0 aliphatic heterocycles. The van der Waals surface area contributed by atoms with E-state index in [1.165, 1.54) is 22.3 Å². The van der Waals surface area contributed by atoms with Crippen molar-refractivity contribution >= 4 is 0 Å². The van der Waals surface area contributed by atoms with Gasteiger partial charge < -0.3 is 10.8 Å². The fourth-order valence-corrected chi connectivity index (χ4v) is 2.61. The molecule has 1 atom stereocenters. The van der Waals surface area contributed by atoms with Crippen molar-refractivity contribution in [3.8, 4) is 0 Å². The summed E-state index contributed by atoms with van der Waals surface area (Å²) in [6.45, 7) is 4.16. The second-order valence-electron chi connectivity index (χ2n) is 5.04. The first-order valence-electron chi connectivity index (χ1n) is 6.62. The third-order valence-electron chi connectivity index (χ3n) is 3.69.